The molecule has 0 saturated carbocycles. The summed E-state index contributed by atoms with van der Waals surface area (Å²) in [6, 6.07) is 7.91. The van der Waals surface area contributed by atoms with Crippen LogP contribution in [0.2, 0.25) is 0 Å². The lowest BCUT2D eigenvalue weighted by atomic mass is 10.1. The van der Waals surface area contributed by atoms with Crippen LogP contribution >= 0.6 is 0 Å². The number of carbonyl (C=O) groups excluding carboxylic acids is 1. The highest BCUT2D eigenvalue weighted by Crippen LogP contribution is 2.09. The molecule has 2 aromatic rings. The predicted molar refractivity (Wildman–Crippen MR) is 82.2 cm³/mol. The summed E-state index contributed by atoms with van der Waals surface area (Å²) in [5.41, 5.74) is 2.23. The Kier molecular flexibility index (Phi) is 4.57. The van der Waals surface area contributed by atoms with E-state index in [0.29, 0.717) is 12.5 Å². The fourth-order valence-corrected chi connectivity index (χ4v) is 2.09. The van der Waals surface area contributed by atoms with Crippen molar-refractivity contribution in [2.45, 2.75) is 40.3 Å². The molecule has 1 aromatic carbocycles. The van der Waals surface area contributed by atoms with Crippen molar-refractivity contribution < 1.29 is 4.79 Å². The number of anilines is 1. The summed E-state index contributed by atoms with van der Waals surface area (Å²) in [5, 5.41) is 9.70. The van der Waals surface area contributed by atoms with Gasteiger partial charge >= 0.3 is 6.03 Å². The van der Waals surface area contributed by atoms with E-state index in [1.807, 2.05) is 52.0 Å². The van der Waals surface area contributed by atoms with E-state index >= 15 is 0 Å². The van der Waals surface area contributed by atoms with Crippen LogP contribution in [0.1, 0.15) is 36.8 Å². The second kappa shape index (κ2) is 6.39. The van der Waals surface area contributed by atoms with E-state index in [4.69, 9.17) is 0 Å². The second-order valence-electron chi connectivity index (χ2n) is 5.32. The van der Waals surface area contributed by atoms with E-state index in [1.54, 1.807) is 4.68 Å². The molecule has 1 aromatic heterocycles. The molecule has 21 heavy (non-hydrogen) atoms. The van der Waals surface area contributed by atoms with Crippen LogP contribution in [0.4, 0.5) is 10.7 Å². The van der Waals surface area contributed by atoms with Crippen LogP contribution in [0, 0.1) is 13.8 Å². The second-order valence-corrected chi connectivity index (χ2v) is 5.32. The maximum Gasteiger partial charge on any atom is 0.321 e. The number of nitrogens with zero attached hydrogens (tertiary/aromatic N) is 3. The van der Waals surface area contributed by atoms with Crippen LogP contribution in [0.25, 0.3) is 0 Å². The Morgan fingerprint density at radius 3 is 2.71 bits per heavy atom. The van der Waals surface area contributed by atoms with Crippen molar-refractivity contribution in [2.24, 2.45) is 0 Å². The molecule has 0 radical (unpaired) electrons. The molecular weight excluding hydrogens is 266 g/mol. The lowest BCUT2D eigenvalue weighted by molar-refractivity contribution is 0.251. The number of urea groups is 1. The lowest BCUT2D eigenvalue weighted by Crippen LogP contribution is -2.28. The minimum Gasteiger partial charge on any atom is -0.334 e. The van der Waals surface area contributed by atoms with Crippen molar-refractivity contribution in [3.05, 3.63) is 41.2 Å². The molecule has 6 nitrogen and oxygen atoms in total. The zero-order valence-corrected chi connectivity index (χ0v) is 12.8. The molecule has 2 N–H and O–H groups in total. The van der Waals surface area contributed by atoms with Gasteiger partial charge in [0.05, 0.1) is 0 Å². The topological polar surface area (TPSA) is 71.8 Å². The normalized spacial score (nSPS) is 10.7. The van der Waals surface area contributed by atoms with Crippen LogP contribution in [0.3, 0.4) is 0 Å². The molecule has 0 aliphatic carbocycles. The summed E-state index contributed by atoms with van der Waals surface area (Å²) in [5.74, 6) is 1.10. The minimum atomic E-state index is -0.308. The highest BCUT2D eigenvalue weighted by molar-refractivity contribution is 5.87. The Morgan fingerprint density at radius 2 is 2.10 bits per heavy atom. The number of hydrogen-bond acceptors (Lipinski definition) is 3. The number of benzene rings is 1. The Bertz CT molecular complexity index is 633. The van der Waals surface area contributed by atoms with Gasteiger partial charge in [0, 0.05) is 12.6 Å². The van der Waals surface area contributed by atoms with Crippen LogP contribution < -0.4 is 10.6 Å². The van der Waals surface area contributed by atoms with E-state index in [2.05, 4.69) is 20.7 Å². The van der Waals surface area contributed by atoms with Crippen molar-refractivity contribution in [1.29, 1.82) is 0 Å². The van der Waals surface area contributed by atoms with E-state index in [-0.39, 0.29) is 12.1 Å². The monoisotopic (exact) mass is 287 g/mol. The number of aryl methyl sites for hydroxylation is 2. The van der Waals surface area contributed by atoms with Gasteiger partial charge in [-0.3, -0.25) is 5.32 Å². The minimum absolute atomic E-state index is 0.211. The largest absolute Gasteiger partial charge is 0.334 e. The average molecular weight is 287 g/mol. The van der Waals surface area contributed by atoms with Gasteiger partial charge in [-0.2, -0.15) is 4.98 Å². The standard InChI is InChI=1S/C15H21N5O/c1-10(2)20-12(4)17-14(19-20)18-15(21)16-9-13-7-5-6-11(3)8-13/h5-8,10H,9H2,1-4H3,(H2,16,18,19,21). The molecule has 0 atom stereocenters. The van der Waals surface area contributed by atoms with Crippen LogP contribution in [0.15, 0.2) is 24.3 Å². The third-order valence-electron chi connectivity index (χ3n) is 3.05. The van der Waals surface area contributed by atoms with Crippen LogP contribution in [-0.4, -0.2) is 20.8 Å². The van der Waals surface area contributed by atoms with Gasteiger partial charge in [0.2, 0.25) is 5.95 Å². The summed E-state index contributed by atoms with van der Waals surface area (Å²) in [7, 11) is 0. The summed E-state index contributed by atoms with van der Waals surface area (Å²) < 4.78 is 1.77. The van der Waals surface area contributed by atoms with Crippen LogP contribution in [-0.2, 0) is 6.54 Å². The maximum absolute atomic E-state index is 11.8. The van der Waals surface area contributed by atoms with Gasteiger partial charge in [0.1, 0.15) is 5.82 Å². The van der Waals surface area contributed by atoms with Crippen LogP contribution in [0.5, 0.6) is 0 Å². The third kappa shape index (κ3) is 4.05. The molecule has 0 saturated heterocycles. The van der Waals surface area contributed by atoms with Crippen molar-refractivity contribution in [1.82, 2.24) is 20.1 Å². The number of amides is 2. The molecule has 1 heterocycles. The Hall–Kier alpha value is -2.37. The van der Waals surface area contributed by atoms with Gasteiger partial charge in [-0.15, -0.1) is 5.10 Å². The fourth-order valence-electron chi connectivity index (χ4n) is 2.09. The van der Waals surface area contributed by atoms with Gasteiger partial charge in [-0.25, -0.2) is 9.48 Å². The molecule has 2 amide bonds. The Balaban J connectivity index is 1.91. The molecule has 112 valence electrons. The quantitative estimate of drug-likeness (QED) is 0.908. The Morgan fingerprint density at radius 1 is 1.33 bits per heavy atom. The van der Waals surface area contributed by atoms with E-state index in [9.17, 15) is 4.79 Å². The first-order valence-electron chi connectivity index (χ1n) is 6.99. The summed E-state index contributed by atoms with van der Waals surface area (Å²) in [6.45, 7) is 8.39. The van der Waals surface area contributed by atoms with Crippen molar-refractivity contribution in [3.63, 3.8) is 0 Å². The SMILES string of the molecule is Cc1cccc(CNC(=O)Nc2nc(C)n(C(C)C)n2)c1. The third-order valence-corrected chi connectivity index (χ3v) is 3.05. The average Bonchev–Trinajstić information content (AvgIpc) is 2.77. The van der Waals surface area contributed by atoms with Crippen molar-refractivity contribution >= 4 is 12.0 Å². The van der Waals surface area contributed by atoms with Gasteiger partial charge in [-0.1, -0.05) is 29.8 Å². The van der Waals surface area contributed by atoms with Gasteiger partial charge in [-0.05, 0) is 33.3 Å². The number of carbonyl (C=O) groups is 1. The van der Waals surface area contributed by atoms with E-state index in [1.165, 1.54) is 5.56 Å². The van der Waals surface area contributed by atoms with Gasteiger partial charge in [0.15, 0.2) is 0 Å². The molecule has 0 spiro atoms. The predicted octanol–water partition coefficient (Wildman–Crippen LogP) is 2.80. The molecule has 0 fully saturated rings. The van der Waals surface area contributed by atoms with E-state index in [0.717, 1.165) is 11.4 Å². The zero-order chi connectivity index (χ0) is 15.4. The smallest absolute Gasteiger partial charge is 0.321 e. The summed E-state index contributed by atoms with van der Waals surface area (Å²) in [4.78, 5) is 16.1. The first-order valence-corrected chi connectivity index (χ1v) is 6.99. The number of hydrogen-bond donors (Lipinski definition) is 2. The highest BCUT2D eigenvalue weighted by Gasteiger charge is 2.11. The van der Waals surface area contributed by atoms with Gasteiger partial charge < -0.3 is 5.32 Å². The number of rotatable bonds is 4. The Labute approximate surface area is 124 Å². The molecule has 0 bridgehead atoms. The lowest BCUT2D eigenvalue weighted by Gasteiger charge is -2.06. The summed E-state index contributed by atoms with van der Waals surface area (Å²) in [6.07, 6.45) is 0. The molecule has 0 aliphatic rings. The number of nitrogens with one attached hydrogen (secondary N) is 2. The molecule has 0 aliphatic heterocycles. The fraction of sp³-hybridized carbons (Fsp3) is 0.400. The first-order chi connectivity index (χ1) is 9.95. The summed E-state index contributed by atoms with van der Waals surface area (Å²) >= 11 is 0. The maximum atomic E-state index is 11.8. The van der Waals surface area contributed by atoms with Gasteiger partial charge in [0.25, 0.3) is 0 Å². The molecular formula is C15H21N5O. The highest BCUT2D eigenvalue weighted by atomic mass is 16.2. The molecule has 6 heteroatoms. The first kappa shape index (κ1) is 15.0. The van der Waals surface area contributed by atoms with Crippen molar-refractivity contribution in [3.8, 4) is 0 Å². The molecule has 0 unspecified atom stereocenters. The zero-order valence-electron chi connectivity index (χ0n) is 12.8. The molecule has 2 rings (SSSR count). The van der Waals surface area contributed by atoms with Crippen molar-refractivity contribution in [2.75, 3.05) is 5.32 Å². The number of aromatic nitrogens is 3. The van der Waals surface area contributed by atoms with E-state index < -0.39 is 0 Å².